The Hall–Kier alpha value is -2.86. The Morgan fingerprint density at radius 3 is 2.62 bits per heavy atom. The molecule has 0 spiro atoms. The van der Waals surface area contributed by atoms with Crippen molar-refractivity contribution in [3.63, 3.8) is 0 Å². The molecule has 0 radical (unpaired) electrons. The summed E-state index contributed by atoms with van der Waals surface area (Å²) in [7, 11) is 0. The number of nitrogens with zero attached hydrogens (tertiary/aromatic N) is 1. The van der Waals surface area contributed by atoms with E-state index in [1.807, 2.05) is 43.5 Å². The zero-order valence-corrected chi connectivity index (χ0v) is 15.6. The highest BCUT2D eigenvalue weighted by Crippen LogP contribution is 2.22. The van der Waals surface area contributed by atoms with E-state index < -0.39 is 5.91 Å². The lowest BCUT2D eigenvalue weighted by molar-refractivity contribution is -0.117. The van der Waals surface area contributed by atoms with Crippen LogP contribution in [-0.4, -0.2) is 16.4 Å². The van der Waals surface area contributed by atoms with Gasteiger partial charge in [-0.1, -0.05) is 24.3 Å². The van der Waals surface area contributed by atoms with Gasteiger partial charge < -0.3 is 15.6 Å². The maximum absolute atomic E-state index is 12.8. The number of thiophene rings is 1. The normalized spacial score (nSPS) is 10.7. The lowest BCUT2D eigenvalue weighted by Gasteiger charge is -2.11. The minimum absolute atomic E-state index is 0.0911. The highest BCUT2D eigenvalue weighted by Gasteiger charge is 2.17. The average Bonchev–Trinajstić information content (AvgIpc) is 3.20. The smallest absolute Gasteiger partial charge is 0.257 e. The molecule has 3 N–H and O–H groups in total. The van der Waals surface area contributed by atoms with Crippen molar-refractivity contribution in [3.8, 4) is 0 Å². The van der Waals surface area contributed by atoms with E-state index in [0.717, 1.165) is 17.9 Å². The Kier molecular flexibility index (Phi) is 5.23. The molecular formula is C20H21N3O2S. The molecule has 2 heterocycles. The summed E-state index contributed by atoms with van der Waals surface area (Å²) in [5, 5.41) is 4.96. The second kappa shape index (κ2) is 7.58. The standard InChI is InChI=1S/C20H21N3O2S/c1-13-10-17(14(2)23(13)12-16-7-5-9-26-16)20(25)22-18-8-4-3-6-15(18)11-19(21)24/h3-10H,11-12H2,1-2H3,(H2,21,24)(H,22,25). The van der Waals surface area contributed by atoms with Crippen molar-refractivity contribution < 1.29 is 9.59 Å². The van der Waals surface area contributed by atoms with Crippen molar-refractivity contribution >= 4 is 28.8 Å². The van der Waals surface area contributed by atoms with Gasteiger partial charge in [0.05, 0.1) is 18.5 Å². The van der Waals surface area contributed by atoms with Gasteiger partial charge in [-0.3, -0.25) is 9.59 Å². The van der Waals surface area contributed by atoms with Gasteiger partial charge in [0.2, 0.25) is 5.91 Å². The van der Waals surface area contributed by atoms with Crippen LogP contribution in [-0.2, 0) is 17.8 Å². The first-order valence-electron chi connectivity index (χ1n) is 8.32. The molecule has 0 atom stereocenters. The zero-order chi connectivity index (χ0) is 18.7. The van der Waals surface area contributed by atoms with E-state index in [9.17, 15) is 9.59 Å². The number of hydrogen-bond acceptors (Lipinski definition) is 3. The second-order valence-corrected chi connectivity index (χ2v) is 7.24. The van der Waals surface area contributed by atoms with Crippen LogP contribution in [0, 0.1) is 13.8 Å². The molecule has 3 aromatic rings. The summed E-state index contributed by atoms with van der Waals surface area (Å²) in [5.74, 6) is -0.617. The number of nitrogens with one attached hydrogen (secondary N) is 1. The molecule has 0 saturated heterocycles. The maximum atomic E-state index is 12.8. The number of hydrogen-bond donors (Lipinski definition) is 2. The molecule has 0 bridgehead atoms. The number of aryl methyl sites for hydroxylation is 1. The number of rotatable bonds is 6. The first-order chi connectivity index (χ1) is 12.5. The quantitative estimate of drug-likeness (QED) is 0.699. The summed E-state index contributed by atoms with van der Waals surface area (Å²) in [6.07, 6.45) is 0.0911. The number of para-hydroxylation sites is 1. The number of anilines is 1. The lowest BCUT2D eigenvalue weighted by Crippen LogP contribution is -2.18. The molecule has 6 heteroatoms. The van der Waals surface area contributed by atoms with Crippen LogP contribution in [0.2, 0.25) is 0 Å². The second-order valence-electron chi connectivity index (χ2n) is 6.20. The predicted octanol–water partition coefficient (Wildman–Crippen LogP) is 3.49. The van der Waals surface area contributed by atoms with Crippen LogP contribution in [0.1, 0.15) is 32.2 Å². The molecule has 5 nitrogen and oxygen atoms in total. The lowest BCUT2D eigenvalue weighted by atomic mass is 10.1. The summed E-state index contributed by atoms with van der Waals surface area (Å²) < 4.78 is 2.13. The Morgan fingerprint density at radius 2 is 1.92 bits per heavy atom. The van der Waals surface area contributed by atoms with E-state index in [0.29, 0.717) is 16.8 Å². The third-order valence-corrected chi connectivity index (χ3v) is 5.20. The fraction of sp³-hybridized carbons (Fsp3) is 0.200. The molecule has 2 aromatic heterocycles. The van der Waals surface area contributed by atoms with E-state index in [2.05, 4.69) is 16.0 Å². The van der Waals surface area contributed by atoms with Crippen LogP contribution < -0.4 is 11.1 Å². The van der Waals surface area contributed by atoms with Crippen molar-refractivity contribution in [2.75, 3.05) is 5.32 Å². The van der Waals surface area contributed by atoms with Gasteiger partial charge in [-0.15, -0.1) is 11.3 Å². The van der Waals surface area contributed by atoms with Gasteiger partial charge in [0, 0.05) is 22.0 Å². The predicted molar refractivity (Wildman–Crippen MR) is 105 cm³/mol. The van der Waals surface area contributed by atoms with E-state index >= 15 is 0 Å². The Bertz CT molecular complexity index is 942. The van der Waals surface area contributed by atoms with E-state index in [1.165, 1.54) is 4.88 Å². The summed E-state index contributed by atoms with van der Waals surface area (Å²) in [6.45, 7) is 4.70. The Morgan fingerprint density at radius 1 is 1.15 bits per heavy atom. The number of nitrogens with two attached hydrogens (primary N) is 1. The van der Waals surface area contributed by atoms with E-state index in [1.54, 1.807) is 23.5 Å². The Labute approximate surface area is 156 Å². The van der Waals surface area contributed by atoms with Crippen molar-refractivity contribution in [1.82, 2.24) is 4.57 Å². The van der Waals surface area contributed by atoms with E-state index in [4.69, 9.17) is 5.73 Å². The monoisotopic (exact) mass is 367 g/mol. The van der Waals surface area contributed by atoms with Crippen LogP contribution >= 0.6 is 11.3 Å². The van der Waals surface area contributed by atoms with Crippen molar-refractivity contribution in [3.05, 3.63) is 75.2 Å². The third kappa shape index (κ3) is 3.86. The molecule has 0 saturated carbocycles. The van der Waals surface area contributed by atoms with Gasteiger partial charge >= 0.3 is 0 Å². The van der Waals surface area contributed by atoms with Crippen molar-refractivity contribution in [2.24, 2.45) is 5.73 Å². The molecule has 26 heavy (non-hydrogen) atoms. The van der Waals surface area contributed by atoms with Gasteiger partial charge in [0.25, 0.3) is 5.91 Å². The number of carbonyl (C=O) groups excluding carboxylic acids is 2. The largest absolute Gasteiger partial charge is 0.369 e. The molecule has 2 amide bonds. The third-order valence-electron chi connectivity index (χ3n) is 4.34. The summed E-state index contributed by atoms with van der Waals surface area (Å²) >= 11 is 1.70. The van der Waals surface area contributed by atoms with Gasteiger partial charge in [0.1, 0.15) is 0 Å². The van der Waals surface area contributed by atoms with Crippen LogP contribution in [0.15, 0.2) is 47.8 Å². The fourth-order valence-corrected chi connectivity index (χ4v) is 3.70. The van der Waals surface area contributed by atoms with Crippen molar-refractivity contribution in [1.29, 1.82) is 0 Å². The average molecular weight is 367 g/mol. The zero-order valence-electron chi connectivity index (χ0n) is 14.8. The van der Waals surface area contributed by atoms with Crippen LogP contribution in [0.4, 0.5) is 5.69 Å². The van der Waals surface area contributed by atoms with Gasteiger partial charge in [0.15, 0.2) is 0 Å². The molecule has 0 aliphatic carbocycles. The number of benzene rings is 1. The van der Waals surface area contributed by atoms with Gasteiger partial charge in [-0.25, -0.2) is 0 Å². The summed E-state index contributed by atoms with van der Waals surface area (Å²) in [5.41, 5.74) is 9.20. The maximum Gasteiger partial charge on any atom is 0.257 e. The van der Waals surface area contributed by atoms with Gasteiger partial charge in [-0.2, -0.15) is 0 Å². The molecule has 134 valence electrons. The molecule has 0 aliphatic heterocycles. The minimum atomic E-state index is -0.430. The molecule has 0 aliphatic rings. The molecule has 0 fully saturated rings. The van der Waals surface area contributed by atoms with Crippen molar-refractivity contribution in [2.45, 2.75) is 26.8 Å². The first-order valence-corrected chi connectivity index (χ1v) is 9.20. The number of carbonyl (C=O) groups is 2. The van der Waals surface area contributed by atoms with Crippen LogP contribution in [0.25, 0.3) is 0 Å². The SMILES string of the molecule is Cc1cc(C(=O)Nc2ccccc2CC(N)=O)c(C)n1Cc1cccs1. The highest BCUT2D eigenvalue weighted by molar-refractivity contribution is 7.09. The van der Waals surface area contributed by atoms with E-state index in [-0.39, 0.29) is 12.3 Å². The molecule has 1 aromatic carbocycles. The van der Waals surface area contributed by atoms with Crippen LogP contribution in [0.5, 0.6) is 0 Å². The first kappa shape index (κ1) is 17.9. The number of primary amides is 1. The Balaban J connectivity index is 1.84. The van der Waals surface area contributed by atoms with Gasteiger partial charge in [-0.05, 0) is 43.0 Å². The van der Waals surface area contributed by atoms with Crippen LogP contribution in [0.3, 0.4) is 0 Å². The molecule has 3 rings (SSSR count). The summed E-state index contributed by atoms with van der Waals surface area (Å²) in [4.78, 5) is 25.3. The fourth-order valence-electron chi connectivity index (χ4n) is 3.01. The summed E-state index contributed by atoms with van der Waals surface area (Å²) in [6, 6.07) is 13.2. The number of aromatic nitrogens is 1. The number of amides is 2. The molecular weight excluding hydrogens is 346 g/mol. The topological polar surface area (TPSA) is 77.1 Å². The highest BCUT2D eigenvalue weighted by atomic mass is 32.1. The minimum Gasteiger partial charge on any atom is -0.369 e. The molecule has 0 unspecified atom stereocenters.